The average molecular weight is 200 g/mol. The molecule has 0 bridgehead atoms. The van der Waals surface area contributed by atoms with E-state index in [4.69, 9.17) is 5.26 Å². The van der Waals surface area contributed by atoms with Gasteiger partial charge in [-0.05, 0) is 25.0 Å². The van der Waals surface area contributed by atoms with Gasteiger partial charge in [-0.2, -0.15) is 5.26 Å². The molecular weight excluding hydrogens is 188 g/mol. The lowest BCUT2D eigenvalue weighted by molar-refractivity contribution is -0.119. The van der Waals surface area contributed by atoms with Crippen molar-refractivity contribution < 1.29 is 4.79 Å². The summed E-state index contributed by atoms with van der Waals surface area (Å²) in [6, 6.07) is 11.5. The Bertz CT molecular complexity index is 407. The van der Waals surface area contributed by atoms with Crippen LogP contribution < -0.4 is 5.32 Å². The Kier molecular flexibility index (Phi) is 2.42. The number of carbonyl (C=O) groups is 1. The molecule has 1 aromatic rings. The molecule has 1 fully saturated rings. The highest BCUT2D eigenvalue weighted by molar-refractivity contribution is 5.96. The van der Waals surface area contributed by atoms with E-state index < -0.39 is 5.54 Å². The quantitative estimate of drug-likeness (QED) is 0.795. The highest BCUT2D eigenvalue weighted by atomic mass is 16.1. The monoisotopic (exact) mass is 200 g/mol. The van der Waals surface area contributed by atoms with E-state index >= 15 is 0 Å². The number of Topliss-reactive ketones (excluding diaryl/α,β-unsaturated/α-hetero) is 1. The van der Waals surface area contributed by atoms with Crippen LogP contribution in [0.15, 0.2) is 30.3 Å². The van der Waals surface area contributed by atoms with E-state index in [9.17, 15) is 4.79 Å². The standard InChI is InChI=1S/C12H12N2O/c13-9-12(8-4-7-11(12)15)14-10-5-2-1-3-6-10/h1-3,5-6,14H,4,7-8H2. The van der Waals surface area contributed by atoms with Crippen LogP contribution in [0, 0.1) is 11.3 Å². The second-order valence-electron chi connectivity index (χ2n) is 3.78. The zero-order valence-corrected chi connectivity index (χ0v) is 8.36. The van der Waals surface area contributed by atoms with Gasteiger partial charge in [0.25, 0.3) is 0 Å². The topological polar surface area (TPSA) is 52.9 Å². The van der Waals surface area contributed by atoms with Crippen molar-refractivity contribution in [2.75, 3.05) is 5.32 Å². The largest absolute Gasteiger partial charge is 0.361 e. The Labute approximate surface area is 88.7 Å². The summed E-state index contributed by atoms with van der Waals surface area (Å²) in [5.41, 5.74) is -0.157. The van der Waals surface area contributed by atoms with Crippen LogP contribution in [0.4, 0.5) is 5.69 Å². The minimum Gasteiger partial charge on any atom is -0.361 e. The van der Waals surface area contributed by atoms with Gasteiger partial charge >= 0.3 is 0 Å². The van der Waals surface area contributed by atoms with Crippen molar-refractivity contribution in [3.8, 4) is 6.07 Å². The van der Waals surface area contributed by atoms with Crippen LogP contribution in [-0.2, 0) is 4.79 Å². The van der Waals surface area contributed by atoms with Crippen LogP contribution in [0.1, 0.15) is 19.3 Å². The fourth-order valence-corrected chi connectivity index (χ4v) is 1.91. The molecule has 0 amide bonds. The van der Waals surface area contributed by atoms with Gasteiger partial charge in [0, 0.05) is 12.1 Å². The van der Waals surface area contributed by atoms with E-state index in [1.54, 1.807) is 0 Å². The Balaban J connectivity index is 2.24. The summed E-state index contributed by atoms with van der Waals surface area (Å²) in [4.78, 5) is 11.6. The van der Waals surface area contributed by atoms with Crippen LogP contribution >= 0.6 is 0 Å². The molecule has 0 aliphatic heterocycles. The third kappa shape index (κ3) is 1.71. The van der Waals surface area contributed by atoms with E-state index in [-0.39, 0.29) is 5.78 Å². The second-order valence-corrected chi connectivity index (χ2v) is 3.78. The summed E-state index contributed by atoms with van der Waals surface area (Å²) in [6.45, 7) is 0. The van der Waals surface area contributed by atoms with Gasteiger partial charge < -0.3 is 5.32 Å². The first-order chi connectivity index (χ1) is 7.27. The molecule has 76 valence electrons. The number of ketones is 1. The van der Waals surface area contributed by atoms with E-state index in [0.29, 0.717) is 12.8 Å². The molecule has 0 aromatic heterocycles. The molecule has 3 heteroatoms. The maximum atomic E-state index is 11.6. The van der Waals surface area contributed by atoms with Crippen LogP contribution in [0.3, 0.4) is 0 Å². The summed E-state index contributed by atoms with van der Waals surface area (Å²) in [5, 5.41) is 12.2. The maximum Gasteiger partial charge on any atom is 0.184 e. The van der Waals surface area contributed by atoms with Crippen molar-refractivity contribution in [2.24, 2.45) is 0 Å². The van der Waals surface area contributed by atoms with Crippen molar-refractivity contribution >= 4 is 11.5 Å². The molecule has 3 nitrogen and oxygen atoms in total. The molecule has 1 aromatic carbocycles. The van der Waals surface area contributed by atoms with Crippen LogP contribution in [0.25, 0.3) is 0 Å². The van der Waals surface area contributed by atoms with E-state index in [0.717, 1.165) is 12.1 Å². The van der Waals surface area contributed by atoms with Crippen LogP contribution in [0.5, 0.6) is 0 Å². The third-order valence-electron chi connectivity index (χ3n) is 2.75. The van der Waals surface area contributed by atoms with Crippen molar-refractivity contribution in [3.05, 3.63) is 30.3 Å². The Morgan fingerprint density at radius 2 is 2.07 bits per heavy atom. The van der Waals surface area contributed by atoms with Gasteiger partial charge in [-0.1, -0.05) is 18.2 Å². The van der Waals surface area contributed by atoms with Gasteiger partial charge in [-0.3, -0.25) is 4.79 Å². The predicted octanol–water partition coefficient (Wildman–Crippen LogP) is 2.11. The fraction of sp³-hybridized carbons (Fsp3) is 0.333. The van der Waals surface area contributed by atoms with E-state index in [2.05, 4.69) is 11.4 Å². The third-order valence-corrected chi connectivity index (χ3v) is 2.75. The van der Waals surface area contributed by atoms with E-state index in [1.807, 2.05) is 30.3 Å². The minimum atomic E-state index is -0.985. The van der Waals surface area contributed by atoms with Gasteiger partial charge in [0.15, 0.2) is 11.3 Å². The molecule has 0 heterocycles. The van der Waals surface area contributed by atoms with Crippen molar-refractivity contribution in [1.29, 1.82) is 5.26 Å². The van der Waals surface area contributed by atoms with Gasteiger partial charge in [0.2, 0.25) is 0 Å². The molecule has 1 unspecified atom stereocenters. The molecule has 1 aliphatic carbocycles. The molecule has 1 aliphatic rings. The number of anilines is 1. The van der Waals surface area contributed by atoms with Gasteiger partial charge in [0.05, 0.1) is 6.07 Å². The van der Waals surface area contributed by atoms with Crippen molar-refractivity contribution in [3.63, 3.8) is 0 Å². The highest BCUT2D eigenvalue weighted by Gasteiger charge is 2.42. The number of para-hydroxylation sites is 1. The number of rotatable bonds is 2. The Hall–Kier alpha value is -1.82. The molecule has 1 atom stereocenters. The lowest BCUT2D eigenvalue weighted by Crippen LogP contribution is -2.40. The zero-order chi connectivity index (χ0) is 10.7. The first kappa shape index (κ1) is 9.72. The van der Waals surface area contributed by atoms with E-state index in [1.165, 1.54) is 0 Å². The fourth-order valence-electron chi connectivity index (χ4n) is 1.91. The average Bonchev–Trinajstić information content (AvgIpc) is 2.62. The molecule has 1 saturated carbocycles. The lowest BCUT2D eigenvalue weighted by Gasteiger charge is -2.21. The molecule has 2 rings (SSSR count). The number of carbonyl (C=O) groups excluding carboxylic acids is 1. The van der Waals surface area contributed by atoms with Crippen molar-refractivity contribution in [1.82, 2.24) is 0 Å². The number of nitrogens with one attached hydrogen (secondary N) is 1. The van der Waals surface area contributed by atoms with Gasteiger partial charge in [0.1, 0.15) is 0 Å². The van der Waals surface area contributed by atoms with Crippen molar-refractivity contribution in [2.45, 2.75) is 24.8 Å². The van der Waals surface area contributed by atoms with Crippen LogP contribution in [0.2, 0.25) is 0 Å². The Morgan fingerprint density at radius 1 is 1.33 bits per heavy atom. The summed E-state index contributed by atoms with van der Waals surface area (Å²) in [6.07, 6.45) is 1.91. The molecule has 15 heavy (non-hydrogen) atoms. The second kappa shape index (κ2) is 3.74. The molecule has 1 N–H and O–H groups in total. The van der Waals surface area contributed by atoms with Gasteiger partial charge in [-0.15, -0.1) is 0 Å². The SMILES string of the molecule is N#CC1(Nc2ccccc2)CCCC1=O. The zero-order valence-electron chi connectivity index (χ0n) is 8.36. The maximum absolute atomic E-state index is 11.6. The summed E-state index contributed by atoms with van der Waals surface area (Å²) >= 11 is 0. The highest BCUT2D eigenvalue weighted by Crippen LogP contribution is 2.29. The minimum absolute atomic E-state index is 0.00820. The predicted molar refractivity (Wildman–Crippen MR) is 57.3 cm³/mol. The van der Waals surface area contributed by atoms with Crippen LogP contribution in [-0.4, -0.2) is 11.3 Å². The molecule has 0 spiro atoms. The number of hydrogen-bond acceptors (Lipinski definition) is 3. The molecular formula is C12H12N2O. The summed E-state index contributed by atoms with van der Waals surface area (Å²) < 4.78 is 0. The molecule has 0 radical (unpaired) electrons. The number of nitrogens with zero attached hydrogens (tertiary/aromatic N) is 1. The normalized spacial score (nSPS) is 24.9. The Morgan fingerprint density at radius 3 is 2.60 bits per heavy atom. The first-order valence-corrected chi connectivity index (χ1v) is 5.05. The first-order valence-electron chi connectivity index (χ1n) is 5.05. The number of benzene rings is 1. The molecule has 0 saturated heterocycles. The van der Waals surface area contributed by atoms with Gasteiger partial charge in [-0.25, -0.2) is 0 Å². The number of hydrogen-bond donors (Lipinski definition) is 1. The summed E-state index contributed by atoms with van der Waals surface area (Å²) in [5.74, 6) is 0.00820. The lowest BCUT2D eigenvalue weighted by atomic mass is 9.98. The summed E-state index contributed by atoms with van der Waals surface area (Å²) in [7, 11) is 0. The number of nitriles is 1. The smallest absolute Gasteiger partial charge is 0.184 e.